The molecule has 0 unspecified atom stereocenters. The minimum absolute atomic E-state index is 0.165. The van der Waals surface area contributed by atoms with Crippen LogP contribution in [-0.4, -0.2) is 16.8 Å². The summed E-state index contributed by atoms with van der Waals surface area (Å²) < 4.78 is 13.8. The first-order valence-electron chi connectivity index (χ1n) is 7.61. The summed E-state index contributed by atoms with van der Waals surface area (Å²) in [5.41, 5.74) is 1.12. The minimum atomic E-state index is -0.673. The molecule has 0 aliphatic heterocycles. The van der Waals surface area contributed by atoms with Crippen LogP contribution in [0.15, 0.2) is 67.0 Å². The van der Waals surface area contributed by atoms with E-state index in [-0.39, 0.29) is 16.5 Å². The number of pyridine rings is 1. The summed E-state index contributed by atoms with van der Waals surface area (Å²) in [5, 5.41) is 5.54. The van der Waals surface area contributed by atoms with E-state index in [4.69, 9.17) is 11.6 Å². The summed E-state index contributed by atoms with van der Waals surface area (Å²) in [6.45, 7) is 0. The number of halogens is 2. The van der Waals surface area contributed by atoms with E-state index in [0.717, 1.165) is 6.07 Å². The van der Waals surface area contributed by atoms with Crippen LogP contribution in [-0.2, 0) is 0 Å². The van der Waals surface area contributed by atoms with Crippen LogP contribution in [0.3, 0.4) is 0 Å². The van der Waals surface area contributed by atoms with Gasteiger partial charge >= 0.3 is 0 Å². The average Bonchev–Trinajstić information content (AvgIpc) is 2.64. The van der Waals surface area contributed by atoms with Gasteiger partial charge in [-0.2, -0.15) is 0 Å². The number of rotatable bonds is 4. The Hall–Kier alpha value is -3.25. The third-order valence-corrected chi connectivity index (χ3v) is 3.71. The topological polar surface area (TPSA) is 71.1 Å². The van der Waals surface area contributed by atoms with E-state index in [0.29, 0.717) is 16.9 Å². The maximum Gasteiger partial charge on any atom is 0.258 e. The van der Waals surface area contributed by atoms with Crippen LogP contribution in [0.2, 0.25) is 5.02 Å². The predicted octanol–water partition coefficient (Wildman–Crippen LogP) is 4.38. The first kappa shape index (κ1) is 17.6. The molecule has 0 atom stereocenters. The average molecular weight is 370 g/mol. The molecule has 0 fully saturated rings. The van der Waals surface area contributed by atoms with Crippen molar-refractivity contribution in [2.24, 2.45) is 0 Å². The van der Waals surface area contributed by atoms with Gasteiger partial charge in [0.05, 0.1) is 11.1 Å². The van der Waals surface area contributed by atoms with Gasteiger partial charge in [0, 0.05) is 28.8 Å². The highest BCUT2D eigenvalue weighted by atomic mass is 35.5. The van der Waals surface area contributed by atoms with Crippen molar-refractivity contribution in [3.63, 3.8) is 0 Å². The molecule has 130 valence electrons. The fourth-order valence-electron chi connectivity index (χ4n) is 2.24. The largest absolute Gasteiger partial charge is 0.322 e. The standard InChI is InChI=1S/C19H13ClFN3O2/c20-13-6-7-17(21)16(9-13)19(26)24-15-5-1-4-14(10-15)23-18(25)12-3-2-8-22-11-12/h1-11H,(H,23,25)(H,24,26). The maximum absolute atomic E-state index is 13.8. The summed E-state index contributed by atoms with van der Waals surface area (Å²) in [6.07, 6.45) is 3.02. The number of amides is 2. The Labute approximate surface area is 153 Å². The van der Waals surface area contributed by atoms with Gasteiger partial charge in [-0.05, 0) is 48.5 Å². The molecule has 3 rings (SSSR count). The monoisotopic (exact) mass is 369 g/mol. The minimum Gasteiger partial charge on any atom is -0.322 e. The molecule has 3 aromatic rings. The van der Waals surface area contributed by atoms with Crippen molar-refractivity contribution in [3.8, 4) is 0 Å². The number of benzene rings is 2. The molecule has 7 heteroatoms. The highest BCUT2D eigenvalue weighted by Crippen LogP contribution is 2.19. The Bertz CT molecular complexity index is 964. The summed E-state index contributed by atoms with van der Waals surface area (Å²) in [4.78, 5) is 28.3. The lowest BCUT2D eigenvalue weighted by Gasteiger charge is -2.09. The van der Waals surface area contributed by atoms with Crippen molar-refractivity contribution in [3.05, 3.63) is 89.0 Å². The first-order chi connectivity index (χ1) is 12.5. The molecular weight excluding hydrogens is 357 g/mol. The Morgan fingerprint density at radius 2 is 1.65 bits per heavy atom. The van der Waals surface area contributed by atoms with Crippen LogP contribution in [0.1, 0.15) is 20.7 Å². The van der Waals surface area contributed by atoms with Gasteiger partial charge in [0.15, 0.2) is 0 Å². The molecule has 0 saturated carbocycles. The summed E-state index contributed by atoms with van der Waals surface area (Å²) in [6, 6.07) is 13.5. The van der Waals surface area contributed by atoms with E-state index in [2.05, 4.69) is 15.6 Å². The van der Waals surface area contributed by atoms with Crippen LogP contribution in [0.4, 0.5) is 15.8 Å². The van der Waals surface area contributed by atoms with Crippen molar-refractivity contribution in [1.82, 2.24) is 4.98 Å². The molecule has 2 aromatic carbocycles. The third-order valence-electron chi connectivity index (χ3n) is 3.48. The van der Waals surface area contributed by atoms with Gasteiger partial charge in [0.2, 0.25) is 0 Å². The molecule has 0 bridgehead atoms. The molecule has 0 aliphatic carbocycles. The Morgan fingerprint density at radius 1 is 0.923 bits per heavy atom. The molecule has 26 heavy (non-hydrogen) atoms. The number of hydrogen-bond acceptors (Lipinski definition) is 3. The van der Waals surface area contributed by atoms with Crippen LogP contribution < -0.4 is 10.6 Å². The number of carbonyl (C=O) groups excluding carboxylic acids is 2. The number of aromatic nitrogens is 1. The zero-order valence-electron chi connectivity index (χ0n) is 13.4. The molecule has 2 N–H and O–H groups in total. The van der Waals surface area contributed by atoms with Crippen LogP contribution in [0.5, 0.6) is 0 Å². The van der Waals surface area contributed by atoms with Crippen LogP contribution in [0, 0.1) is 5.82 Å². The fourth-order valence-corrected chi connectivity index (χ4v) is 2.42. The second-order valence-electron chi connectivity index (χ2n) is 5.35. The van der Waals surface area contributed by atoms with Crippen LogP contribution in [0.25, 0.3) is 0 Å². The SMILES string of the molecule is O=C(Nc1cccc(NC(=O)c2cc(Cl)ccc2F)c1)c1cccnc1. The molecule has 0 radical (unpaired) electrons. The van der Waals surface area contributed by atoms with Crippen molar-refractivity contribution < 1.29 is 14.0 Å². The van der Waals surface area contributed by atoms with Gasteiger partial charge in [-0.3, -0.25) is 14.6 Å². The smallest absolute Gasteiger partial charge is 0.258 e. The number of nitrogens with one attached hydrogen (secondary N) is 2. The van der Waals surface area contributed by atoms with E-state index in [1.165, 1.54) is 18.3 Å². The number of hydrogen-bond donors (Lipinski definition) is 2. The molecule has 0 spiro atoms. The Kier molecular flexibility index (Phi) is 5.24. The molecule has 5 nitrogen and oxygen atoms in total. The quantitative estimate of drug-likeness (QED) is 0.717. The lowest BCUT2D eigenvalue weighted by molar-refractivity contribution is 0.101. The molecular formula is C19H13ClFN3O2. The maximum atomic E-state index is 13.8. The zero-order chi connectivity index (χ0) is 18.5. The summed E-state index contributed by atoms with van der Waals surface area (Å²) in [5.74, 6) is -1.64. The zero-order valence-corrected chi connectivity index (χ0v) is 14.1. The van der Waals surface area contributed by atoms with E-state index in [1.807, 2.05) is 0 Å². The van der Waals surface area contributed by atoms with Crippen molar-refractivity contribution in [1.29, 1.82) is 0 Å². The van der Waals surface area contributed by atoms with Crippen LogP contribution >= 0.6 is 11.6 Å². The third kappa shape index (κ3) is 4.23. The van der Waals surface area contributed by atoms with Gasteiger partial charge in [0.25, 0.3) is 11.8 Å². The Balaban J connectivity index is 1.74. The second kappa shape index (κ2) is 7.76. The highest BCUT2D eigenvalue weighted by Gasteiger charge is 2.13. The predicted molar refractivity (Wildman–Crippen MR) is 98.0 cm³/mol. The van der Waals surface area contributed by atoms with Crippen molar-refractivity contribution in [2.75, 3.05) is 10.6 Å². The highest BCUT2D eigenvalue weighted by molar-refractivity contribution is 6.31. The molecule has 1 aromatic heterocycles. The van der Waals surface area contributed by atoms with E-state index < -0.39 is 11.7 Å². The van der Waals surface area contributed by atoms with E-state index in [9.17, 15) is 14.0 Å². The van der Waals surface area contributed by atoms with E-state index in [1.54, 1.807) is 42.6 Å². The summed E-state index contributed by atoms with van der Waals surface area (Å²) in [7, 11) is 0. The second-order valence-corrected chi connectivity index (χ2v) is 5.79. The lowest BCUT2D eigenvalue weighted by atomic mass is 10.2. The van der Waals surface area contributed by atoms with Gasteiger partial charge in [-0.25, -0.2) is 4.39 Å². The first-order valence-corrected chi connectivity index (χ1v) is 7.98. The summed E-state index contributed by atoms with van der Waals surface area (Å²) >= 11 is 5.81. The van der Waals surface area contributed by atoms with Gasteiger partial charge in [0.1, 0.15) is 5.82 Å². The normalized spacial score (nSPS) is 10.2. The van der Waals surface area contributed by atoms with E-state index >= 15 is 0 Å². The lowest BCUT2D eigenvalue weighted by Crippen LogP contribution is -2.15. The number of carbonyl (C=O) groups is 2. The molecule has 0 aliphatic rings. The number of anilines is 2. The fraction of sp³-hybridized carbons (Fsp3) is 0. The Morgan fingerprint density at radius 3 is 2.35 bits per heavy atom. The molecule has 2 amide bonds. The van der Waals surface area contributed by atoms with Crippen molar-refractivity contribution in [2.45, 2.75) is 0 Å². The van der Waals surface area contributed by atoms with Crippen molar-refractivity contribution >= 4 is 34.8 Å². The van der Waals surface area contributed by atoms with Gasteiger partial charge < -0.3 is 10.6 Å². The number of nitrogens with zero attached hydrogens (tertiary/aromatic N) is 1. The van der Waals surface area contributed by atoms with Gasteiger partial charge in [-0.1, -0.05) is 17.7 Å². The molecule has 1 heterocycles. The molecule has 0 saturated heterocycles. The van der Waals surface area contributed by atoms with Gasteiger partial charge in [-0.15, -0.1) is 0 Å².